The first-order chi connectivity index (χ1) is 11.2. The Morgan fingerprint density at radius 2 is 2.09 bits per heavy atom. The highest BCUT2D eigenvalue weighted by atomic mass is 32.1. The van der Waals surface area contributed by atoms with Crippen molar-refractivity contribution in [3.8, 4) is 0 Å². The zero-order chi connectivity index (χ0) is 16.1. The molecule has 0 aliphatic carbocycles. The number of aromatic nitrogens is 1. The highest BCUT2D eigenvalue weighted by Crippen LogP contribution is 2.15. The minimum absolute atomic E-state index is 0.551. The van der Waals surface area contributed by atoms with Gasteiger partial charge in [0.15, 0.2) is 5.11 Å². The molecule has 122 valence electrons. The van der Waals surface area contributed by atoms with E-state index >= 15 is 0 Å². The fourth-order valence-electron chi connectivity index (χ4n) is 2.44. The molecule has 1 fully saturated rings. The second kappa shape index (κ2) is 7.43. The van der Waals surface area contributed by atoms with Crippen LogP contribution in [-0.2, 0) is 6.54 Å². The predicted molar refractivity (Wildman–Crippen MR) is 95.7 cm³/mol. The summed E-state index contributed by atoms with van der Waals surface area (Å²) >= 11 is 5.27. The molecule has 0 saturated carbocycles. The van der Waals surface area contributed by atoms with Gasteiger partial charge in [0.2, 0.25) is 0 Å². The lowest BCUT2D eigenvalue weighted by Gasteiger charge is -2.33. The van der Waals surface area contributed by atoms with Crippen LogP contribution < -0.4 is 15.5 Å². The number of rotatable bonds is 4. The monoisotopic (exact) mass is 331 g/mol. The third-order valence-corrected chi connectivity index (χ3v) is 4.08. The summed E-state index contributed by atoms with van der Waals surface area (Å²) in [5, 5.41) is 6.78. The molecular weight excluding hydrogens is 310 g/mol. The number of nitrogens with zero attached hydrogens (tertiary/aromatic N) is 3. The van der Waals surface area contributed by atoms with Gasteiger partial charge in [-0.15, -0.1) is 0 Å². The zero-order valence-electron chi connectivity index (χ0n) is 13.2. The average Bonchev–Trinajstić information content (AvgIpc) is 3.08. The highest BCUT2D eigenvalue weighted by molar-refractivity contribution is 7.80. The lowest BCUT2D eigenvalue weighted by Crippen LogP contribution is -2.44. The third-order valence-electron chi connectivity index (χ3n) is 3.84. The van der Waals surface area contributed by atoms with E-state index in [0.29, 0.717) is 11.7 Å². The Kier molecular flexibility index (Phi) is 5.09. The van der Waals surface area contributed by atoms with Gasteiger partial charge in [-0.1, -0.05) is 0 Å². The molecule has 2 N–H and O–H groups in total. The number of hydrogen-bond donors (Lipinski definition) is 2. The Labute approximate surface area is 141 Å². The highest BCUT2D eigenvalue weighted by Gasteiger charge is 2.14. The molecule has 0 atom stereocenters. The molecule has 1 saturated heterocycles. The second-order valence-electron chi connectivity index (χ2n) is 5.58. The van der Waals surface area contributed by atoms with Crippen molar-refractivity contribution in [1.29, 1.82) is 0 Å². The van der Waals surface area contributed by atoms with Gasteiger partial charge in [0, 0.05) is 26.2 Å². The number of thiocarbonyl (C=S) groups is 1. The van der Waals surface area contributed by atoms with Crippen molar-refractivity contribution < 1.29 is 4.42 Å². The second-order valence-corrected chi connectivity index (χ2v) is 5.99. The molecule has 0 aromatic carbocycles. The first-order valence-electron chi connectivity index (χ1n) is 7.67. The molecule has 3 rings (SSSR count). The lowest BCUT2D eigenvalue weighted by atomic mass is 10.3. The summed E-state index contributed by atoms with van der Waals surface area (Å²) in [6.45, 7) is 4.73. The van der Waals surface area contributed by atoms with Crippen LogP contribution in [0.2, 0.25) is 0 Å². The van der Waals surface area contributed by atoms with Crippen LogP contribution in [0, 0.1) is 0 Å². The van der Waals surface area contributed by atoms with Crippen LogP contribution in [0.5, 0.6) is 0 Å². The first kappa shape index (κ1) is 15.8. The van der Waals surface area contributed by atoms with Gasteiger partial charge in [0.05, 0.1) is 24.7 Å². The molecular formula is C16H21N5OS. The normalized spacial score (nSPS) is 15.4. The van der Waals surface area contributed by atoms with E-state index in [1.807, 2.05) is 30.5 Å². The van der Waals surface area contributed by atoms with Gasteiger partial charge >= 0.3 is 0 Å². The van der Waals surface area contributed by atoms with Crippen LogP contribution in [0.1, 0.15) is 5.76 Å². The molecule has 7 heteroatoms. The first-order valence-corrected chi connectivity index (χ1v) is 8.08. The number of pyridine rings is 1. The Morgan fingerprint density at radius 1 is 1.26 bits per heavy atom. The van der Waals surface area contributed by atoms with Gasteiger partial charge in [0.25, 0.3) is 0 Å². The van der Waals surface area contributed by atoms with Gasteiger partial charge in [-0.25, -0.2) is 4.98 Å². The third kappa shape index (κ3) is 4.43. The predicted octanol–water partition coefficient (Wildman–Crippen LogP) is 1.91. The average molecular weight is 331 g/mol. The largest absolute Gasteiger partial charge is 0.467 e. The number of nitrogens with one attached hydrogen (secondary N) is 2. The summed E-state index contributed by atoms with van der Waals surface area (Å²) < 4.78 is 5.25. The van der Waals surface area contributed by atoms with E-state index in [-0.39, 0.29) is 0 Å². The van der Waals surface area contributed by atoms with Crippen LogP contribution in [0.15, 0.2) is 41.1 Å². The molecule has 23 heavy (non-hydrogen) atoms. The Hall–Kier alpha value is -2.12. The molecule has 0 spiro atoms. The van der Waals surface area contributed by atoms with Crippen molar-refractivity contribution in [1.82, 2.24) is 15.2 Å². The van der Waals surface area contributed by atoms with Crippen LogP contribution in [0.25, 0.3) is 0 Å². The smallest absolute Gasteiger partial charge is 0.171 e. The van der Waals surface area contributed by atoms with Gasteiger partial charge in [-0.2, -0.15) is 0 Å². The fourth-order valence-corrected chi connectivity index (χ4v) is 2.63. The van der Waals surface area contributed by atoms with Crippen molar-refractivity contribution in [2.45, 2.75) is 6.54 Å². The molecule has 1 aliphatic rings. The summed E-state index contributed by atoms with van der Waals surface area (Å²) in [6, 6.07) is 7.79. The zero-order valence-corrected chi connectivity index (χ0v) is 14.0. The SMILES string of the molecule is CN1CCN(c2ccc(NC(=S)NCc3ccco3)cn2)CC1. The van der Waals surface area contributed by atoms with Crippen LogP contribution in [0.4, 0.5) is 11.5 Å². The van der Waals surface area contributed by atoms with Gasteiger partial charge in [-0.3, -0.25) is 0 Å². The van der Waals surface area contributed by atoms with Crippen molar-refractivity contribution in [2.24, 2.45) is 0 Å². The summed E-state index contributed by atoms with van der Waals surface area (Å²) in [6.07, 6.45) is 3.46. The number of piperazine rings is 1. The maximum Gasteiger partial charge on any atom is 0.171 e. The summed E-state index contributed by atoms with van der Waals surface area (Å²) in [4.78, 5) is 9.16. The summed E-state index contributed by atoms with van der Waals surface area (Å²) in [5.74, 6) is 1.86. The Morgan fingerprint density at radius 3 is 2.74 bits per heavy atom. The molecule has 3 heterocycles. The van der Waals surface area contributed by atoms with E-state index in [2.05, 4.69) is 32.5 Å². The number of furan rings is 1. The van der Waals surface area contributed by atoms with Crippen LogP contribution >= 0.6 is 12.2 Å². The molecule has 0 bridgehead atoms. The van der Waals surface area contributed by atoms with Crippen molar-refractivity contribution in [3.05, 3.63) is 42.5 Å². The molecule has 2 aromatic heterocycles. The molecule has 0 radical (unpaired) electrons. The summed E-state index contributed by atoms with van der Waals surface area (Å²) in [7, 11) is 2.15. The van der Waals surface area contributed by atoms with E-state index in [1.165, 1.54) is 0 Å². The van der Waals surface area contributed by atoms with E-state index in [4.69, 9.17) is 16.6 Å². The number of likely N-dealkylation sites (N-methyl/N-ethyl adjacent to an activating group) is 1. The number of anilines is 2. The fraction of sp³-hybridized carbons (Fsp3) is 0.375. The van der Waals surface area contributed by atoms with Crippen molar-refractivity contribution in [2.75, 3.05) is 43.4 Å². The Bertz CT molecular complexity index is 620. The van der Waals surface area contributed by atoms with Crippen LogP contribution in [0.3, 0.4) is 0 Å². The maximum atomic E-state index is 5.27. The van der Waals surface area contributed by atoms with E-state index in [9.17, 15) is 0 Å². The molecule has 1 aliphatic heterocycles. The quantitative estimate of drug-likeness (QED) is 0.830. The van der Waals surface area contributed by atoms with Gasteiger partial charge in [0.1, 0.15) is 11.6 Å². The van der Waals surface area contributed by atoms with Crippen molar-refractivity contribution >= 4 is 28.8 Å². The minimum atomic E-state index is 0.551. The molecule has 2 aromatic rings. The standard InChI is InChI=1S/C16H21N5OS/c1-20-6-8-21(9-7-20)15-5-4-13(11-17-15)19-16(23)18-12-14-3-2-10-22-14/h2-5,10-11H,6-9,12H2,1H3,(H2,18,19,23). The van der Waals surface area contributed by atoms with E-state index in [0.717, 1.165) is 43.4 Å². The minimum Gasteiger partial charge on any atom is -0.467 e. The molecule has 0 amide bonds. The van der Waals surface area contributed by atoms with Crippen molar-refractivity contribution in [3.63, 3.8) is 0 Å². The van der Waals surface area contributed by atoms with Gasteiger partial charge < -0.3 is 24.9 Å². The number of hydrogen-bond acceptors (Lipinski definition) is 5. The lowest BCUT2D eigenvalue weighted by molar-refractivity contribution is 0.312. The van der Waals surface area contributed by atoms with Crippen LogP contribution in [-0.4, -0.2) is 48.2 Å². The van der Waals surface area contributed by atoms with Gasteiger partial charge in [-0.05, 0) is 43.5 Å². The maximum absolute atomic E-state index is 5.27. The molecule has 0 unspecified atom stereocenters. The topological polar surface area (TPSA) is 56.6 Å². The van der Waals surface area contributed by atoms with E-state index in [1.54, 1.807) is 6.26 Å². The summed E-state index contributed by atoms with van der Waals surface area (Å²) in [5.41, 5.74) is 0.875. The molecule has 6 nitrogen and oxygen atoms in total. The van der Waals surface area contributed by atoms with E-state index < -0.39 is 0 Å². The Balaban J connectivity index is 1.50.